The molecule has 2 heterocycles. The summed E-state index contributed by atoms with van der Waals surface area (Å²) in [6.07, 6.45) is 7.41. The van der Waals surface area contributed by atoms with E-state index in [0.29, 0.717) is 13.0 Å². The summed E-state index contributed by atoms with van der Waals surface area (Å²) in [6.45, 7) is 4.65. The van der Waals surface area contributed by atoms with E-state index in [9.17, 15) is 0 Å². The van der Waals surface area contributed by atoms with Gasteiger partial charge in [-0.2, -0.15) is 0 Å². The summed E-state index contributed by atoms with van der Waals surface area (Å²) in [7, 11) is 0. The van der Waals surface area contributed by atoms with Crippen LogP contribution >= 0.6 is 11.3 Å². The van der Waals surface area contributed by atoms with Crippen molar-refractivity contribution in [1.82, 2.24) is 20.6 Å². The Kier molecular flexibility index (Phi) is 6.92. The first-order valence-electron chi connectivity index (χ1n) is 12.1. The normalized spacial score (nSPS) is 15.1. The molecule has 2 aromatic carbocycles. The van der Waals surface area contributed by atoms with Crippen LogP contribution in [0, 0.1) is 18.8 Å². The number of nitrogens with one attached hydrogen (secondary N) is 1. The Balaban J connectivity index is 1.29. The van der Waals surface area contributed by atoms with Crippen LogP contribution in [0.4, 0.5) is 0 Å². The molecule has 5 nitrogen and oxygen atoms in total. The maximum Gasteiger partial charge on any atom is 0.150 e. The van der Waals surface area contributed by atoms with Gasteiger partial charge in [-0.15, -0.1) is 22.4 Å². The molecule has 0 aliphatic heterocycles. The first kappa shape index (κ1) is 22.6. The summed E-state index contributed by atoms with van der Waals surface area (Å²) >= 11 is 1.90. The molecular formula is C28H30N4OS. The van der Waals surface area contributed by atoms with Crippen LogP contribution in [0.15, 0.2) is 41.8 Å². The van der Waals surface area contributed by atoms with Gasteiger partial charge in [0.2, 0.25) is 0 Å². The molecule has 0 saturated heterocycles. The maximum absolute atomic E-state index is 6.19. The van der Waals surface area contributed by atoms with Gasteiger partial charge in [-0.3, -0.25) is 0 Å². The van der Waals surface area contributed by atoms with Crippen LogP contribution in [0.3, 0.4) is 0 Å². The SMILES string of the molecule is CC#CC(Cc1nnn[nH]1)c1ccc(OCc2cc(C)c3scc(C4CCCCC4)c3c2)cc1. The summed E-state index contributed by atoms with van der Waals surface area (Å²) in [5.41, 5.74) is 5.27. The highest BCUT2D eigenvalue weighted by atomic mass is 32.1. The van der Waals surface area contributed by atoms with Crippen LogP contribution in [-0.4, -0.2) is 20.6 Å². The number of aromatic amines is 1. The van der Waals surface area contributed by atoms with Gasteiger partial charge >= 0.3 is 0 Å². The van der Waals surface area contributed by atoms with Crippen LogP contribution in [0.1, 0.15) is 78.9 Å². The first-order chi connectivity index (χ1) is 16.7. The van der Waals surface area contributed by atoms with E-state index in [0.717, 1.165) is 23.1 Å². The molecule has 0 bridgehead atoms. The molecule has 4 aromatic rings. The summed E-state index contributed by atoms with van der Waals surface area (Å²) in [5.74, 6) is 8.64. The van der Waals surface area contributed by atoms with Crippen molar-refractivity contribution in [1.29, 1.82) is 0 Å². The number of H-pyrrole nitrogens is 1. The van der Waals surface area contributed by atoms with Crippen molar-refractivity contribution >= 4 is 21.4 Å². The van der Waals surface area contributed by atoms with Crippen LogP contribution in [-0.2, 0) is 13.0 Å². The van der Waals surface area contributed by atoms with E-state index in [4.69, 9.17) is 4.74 Å². The number of fused-ring (bicyclic) bond motifs is 1. The predicted molar refractivity (Wildman–Crippen MR) is 137 cm³/mol. The van der Waals surface area contributed by atoms with E-state index in [2.05, 4.69) is 69.0 Å². The number of hydrogen-bond donors (Lipinski definition) is 1. The van der Waals surface area contributed by atoms with Crippen molar-refractivity contribution in [2.24, 2.45) is 0 Å². The molecule has 1 atom stereocenters. The van der Waals surface area contributed by atoms with Crippen LogP contribution in [0.2, 0.25) is 0 Å². The minimum atomic E-state index is 0.0376. The fourth-order valence-electron chi connectivity index (χ4n) is 5.07. The monoisotopic (exact) mass is 470 g/mol. The highest BCUT2D eigenvalue weighted by Gasteiger charge is 2.20. The molecule has 1 aliphatic carbocycles. The number of rotatable bonds is 7. The second-order valence-electron chi connectivity index (χ2n) is 9.17. The third kappa shape index (κ3) is 5.00. The Morgan fingerprint density at radius 3 is 2.71 bits per heavy atom. The van der Waals surface area contributed by atoms with E-state index in [-0.39, 0.29) is 5.92 Å². The zero-order valence-corrected chi connectivity index (χ0v) is 20.6. The summed E-state index contributed by atoms with van der Waals surface area (Å²) in [6, 6.07) is 12.9. The summed E-state index contributed by atoms with van der Waals surface area (Å²) in [5, 5.41) is 18.0. The highest BCUT2D eigenvalue weighted by Crippen LogP contribution is 2.40. The Hall–Kier alpha value is -3.17. The Morgan fingerprint density at radius 1 is 1.15 bits per heavy atom. The zero-order chi connectivity index (χ0) is 23.3. The molecule has 1 saturated carbocycles. The summed E-state index contributed by atoms with van der Waals surface area (Å²) in [4.78, 5) is 0. The van der Waals surface area contributed by atoms with Gasteiger partial charge in [-0.25, -0.2) is 5.10 Å². The second kappa shape index (κ2) is 10.4. The van der Waals surface area contributed by atoms with Gasteiger partial charge in [0, 0.05) is 11.1 Å². The molecule has 6 heteroatoms. The molecular weight excluding hydrogens is 440 g/mol. The van der Waals surface area contributed by atoms with E-state index in [1.807, 2.05) is 30.4 Å². The molecule has 0 amide bonds. The Labute approximate surface area is 204 Å². The topological polar surface area (TPSA) is 63.7 Å². The average molecular weight is 471 g/mol. The molecule has 1 N–H and O–H groups in total. The third-order valence-electron chi connectivity index (χ3n) is 6.79. The Morgan fingerprint density at radius 2 is 1.97 bits per heavy atom. The molecule has 1 unspecified atom stereocenters. The minimum absolute atomic E-state index is 0.0376. The molecule has 0 radical (unpaired) electrons. The van der Waals surface area contributed by atoms with Gasteiger partial charge in [-0.05, 0) is 94.3 Å². The number of nitrogens with zero attached hydrogens (tertiary/aromatic N) is 3. The van der Waals surface area contributed by atoms with E-state index < -0.39 is 0 Å². The van der Waals surface area contributed by atoms with Gasteiger partial charge in [-0.1, -0.05) is 43.4 Å². The van der Waals surface area contributed by atoms with E-state index in [1.54, 1.807) is 5.56 Å². The third-order valence-corrected chi connectivity index (χ3v) is 7.94. The van der Waals surface area contributed by atoms with Crippen molar-refractivity contribution in [3.05, 3.63) is 69.9 Å². The number of thiophene rings is 1. The predicted octanol–water partition coefficient (Wildman–Crippen LogP) is 6.70. The zero-order valence-electron chi connectivity index (χ0n) is 19.8. The number of aryl methyl sites for hydroxylation is 1. The molecule has 2 aromatic heterocycles. The van der Waals surface area contributed by atoms with Crippen LogP contribution in [0.25, 0.3) is 10.1 Å². The highest BCUT2D eigenvalue weighted by molar-refractivity contribution is 7.17. The minimum Gasteiger partial charge on any atom is -0.489 e. The van der Waals surface area contributed by atoms with Crippen molar-refractivity contribution in [2.45, 2.75) is 70.8 Å². The Bertz CT molecular complexity index is 1290. The maximum atomic E-state index is 6.19. The van der Waals surface area contributed by atoms with Gasteiger partial charge in [0.1, 0.15) is 18.2 Å². The smallest absolute Gasteiger partial charge is 0.150 e. The number of hydrogen-bond acceptors (Lipinski definition) is 5. The largest absolute Gasteiger partial charge is 0.489 e. The fourth-order valence-corrected chi connectivity index (χ4v) is 6.18. The van der Waals surface area contributed by atoms with Crippen molar-refractivity contribution in [2.75, 3.05) is 0 Å². The molecule has 34 heavy (non-hydrogen) atoms. The van der Waals surface area contributed by atoms with Gasteiger partial charge in [0.05, 0.1) is 5.92 Å². The number of tetrazole rings is 1. The van der Waals surface area contributed by atoms with E-state index in [1.165, 1.54) is 53.3 Å². The molecule has 5 rings (SSSR count). The van der Waals surface area contributed by atoms with Gasteiger partial charge in [0.15, 0.2) is 0 Å². The summed E-state index contributed by atoms with van der Waals surface area (Å²) < 4.78 is 7.62. The molecule has 1 fully saturated rings. The lowest BCUT2D eigenvalue weighted by atomic mass is 9.83. The lowest BCUT2D eigenvalue weighted by molar-refractivity contribution is 0.306. The lowest BCUT2D eigenvalue weighted by Gasteiger charge is -2.21. The van der Waals surface area contributed by atoms with Crippen LogP contribution < -0.4 is 4.74 Å². The van der Waals surface area contributed by atoms with Gasteiger partial charge < -0.3 is 4.74 Å². The van der Waals surface area contributed by atoms with Crippen molar-refractivity contribution in [3.8, 4) is 17.6 Å². The lowest BCUT2D eigenvalue weighted by Crippen LogP contribution is -2.04. The first-order valence-corrected chi connectivity index (χ1v) is 13.0. The standard InChI is InChI=1S/C28H30N4OS/c1-3-7-23(16-27-29-31-32-30-27)21-10-12-24(13-11-21)33-17-20-14-19(2)28-25(15-20)26(18-34-28)22-8-5-4-6-9-22/h10-15,18,22-23H,4-6,8-9,16-17H2,1-2H3,(H,29,30,31,32). The number of aromatic nitrogens is 4. The number of ether oxygens (including phenoxy) is 1. The van der Waals surface area contributed by atoms with Crippen LogP contribution in [0.5, 0.6) is 5.75 Å². The van der Waals surface area contributed by atoms with E-state index >= 15 is 0 Å². The quantitative estimate of drug-likeness (QED) is 0.305. The molecule has 0 spiro atoms. The number of benzene rings is 2. The fraction of sp³-hybridized carbons (Fsp3) is 0.393. The average Bonchev–Trinajstić information content (AvgIpc) is 3.54. The van der Waals surface area contributed by atoms with Gasteiger partial charge in [0.25, 0.3) is 0 Å². The second-order valence-corrected chi connectivity index (χ2v) is 10.1. The van der Waals surface area contributed by atoms with Crippen molar-refractivity contribution in [3.63, 3.8) is 0 Å². The molecule has 1 aliphatic rings. The van der Waals surface area contributed by atoms with Crippen molar-refractivity contribution < 1.29 is 4.74 Å². The molecule has 174 valence electrons.